The van der Waals surface area contributed by atoms with Crippen LogP contribution in [0.15, 0.2) is 35.7 Å². The van der Waals surface area contributed by atoms with Crippen molar-refractivity contribution >= 4 is 22.9 Å². The van der Waals surface area contributed by atoms with Gasteiger partial charge in [-0.2, -0.15) is 0 Å². The molecule has 1 aromatic carbocycles. The minimum absolute atomic E-state index is 0.106. The first kappa shape index (κ1) is 14.5. The Morgan fingerprint density at radius 1 is 1.35 bits per heavy atom. The zero-order valence-corrected chi connectivity index (χ0v) is 12.2. The number of benzene rings is 1. The Labute approximate surface area is 121 Å². The van der Waals surface area contributed by atoms with Crippen molar-refractivity contribution in [3.05, 3.63) is 52.0 Å². The van der Waals surface area contributed by atoms with Crippen molar-refractivity contribution < 1.29 is 9.18 Å². The predicted molar refractivity (Wildman–Crippen MR) is 80.2 cm³/mol. The lowest BCUT2D eigenvalue weighted by molar-refractivity contribution is 0.0927. The van der Waals surface area contributed by atoms with E-state index in [0.717, 1.165) is 10.9 Å². The largest absolute Gasteiger partial charge is 0.398 e. The number of nitrogens with one attached hydrogen (secondary N) is 1. The van der Waals surface area contributed by atoms with Crippen LogP contribution in [-0.2, 0) is 0 Å². The maximum absolute atomic E-state index is 13.2. The Balaban J connectivity index is 2.23. The molecular formula is C15H17FN2OS. The molecule has 1 atom stereocenters. The molecule has 0 spiro atoms. The molecule has 1 aromatic heterocycles. The zero-order valence-electron chi connectivity index (χ0n) is 11.4. The van der Waals surface area contributed by atoms with E-state index in [-0.39, 0.29) is 29.1 Å². The van der Waals surface area contributed by atoms with Gasteiger partial charge in [0, 0.05) is 10.6 Å². The normalized spacial score (nSPS) is 12.4. The summed E-state index contributed by atoms with van der Waals surface area (Å²) in [6, 6.07) is 7.62. The van der Waals surface area contributed by atoms with Gasteiger partial charge in [-0.25, -0.2) is 4.39 Å². The summed E-state index contributed by atoms with van der Waals surface area (Å²) >= 11 is 1.58. The summed E-state index contributed by atoms with van der Waals surface area (Å²) in [6.45, 7) is 4.05. The van der Waals surface area contributed by atoms with E-state index in [9.17, 15) is 9.18 Å². The van der Waals surface area contributed by atoms with Crippen molar-refractivity contribution in [2.45, 2.75) is 19.9 Å². The molecule has 1 heterocycles. The minimum atomic E-state index is -0.471. The fraction of sp³-hybridized carbons (Fsp3) is 0.267. The number of carbonyl (C=O) groups is 1. The highest BCUT2D eigenvalue weighted by molar-refractivity contribution is 7.10. The highest BCUT2D eigenvalue weighted by Crippen LogP contribution is 2.26. The number of hydrogen-bond acceptors (Lipinski definition) is 3. The average Bonchev–Trinajstić information content (AvgIpc) is 2.91. The van der Waals surface area contributed by atoms with Crippen LogP contribution in [0.4, 0.5) is 10.1 Å². The molecule has 0 aliphatic heterocycles. The number of amides is 1. The van der Waals surface area contributed by atoms with Crippen LogP contribution in [0.2, 0.25) is 0 Å². The first-order chi connectivity index (χ1) is 9.49. The lowest BCUT2D eigenvalue weighted by atomic mass is 10.0. The fourth-order valence-electron chi connectivity index (χ4n) is 1.98. The summed E-state index contributed by atoms with van der Waals surface area (Å²) in [6.07, 6.45) is 0. The topological polar surface area (TPSA) is 55.1 Å². The molecule has 1 unspecified atom stereocenters. The van der Waals surface area contributed by atoms with Gasteiger partial charge >= 0.3 is 0 Å². The number of anilines is 1. The zero-order chi connectivity index (χ0) is 14.7. The smallest absolute Gasteiger partial charge is 0.253 e. The number of halogens is 1. The maximum atomic E-state index is 13.2. The van der Waals surface area contributed by atoms with E-state index in [4.69, 9.17) is 5.73 Å². The van der Waals surface area contributed by atoms with Crippen LogP contribution >= 0.6 is 11.3 Å². The molecule has 5 heteroatoms. The number of nitrogen functional groups attached to an aromatic ring is 1. The summed E-state index contributed by atoms with van der Waals surface area (Å²) in [5.74, 6) is -0.594. The van der Waals surface area contributed by atoms with Crippen molar-refractivity contribution in [1.82, 2.24) is 5.32 Å². The van der Waals surface area contributed by atoms with Gasteiger partial charge in [-0.15, -0.1) is 11.3 Å². The van der Waals surface area contributed by atoms with Crippen molar-refractivity contribution in [1.29, 1.82) is 0 Å². The first-order valence-electron chi connectivity index (χ1n) is 6.38. The average molecular weight is 292 g/mol. The van der Waals surface area contributed by atoms with E-state index in [0.29, 0.717) is 0 Å². The molecule has 1 amide bonds. The summed E-state index contributed by atoms with van der Waals surface area (Å²) in [5.41, 5.74) is 6.18. The summed E-state index contributed by atoms with van der Waals surface area (Å²) in [5, 5.41) is 4.89. The second-order valence-corrected chi connectivity index (χ2v) is 5.92. The van der Waals surface area contributed by atoms with Crippen molar-refractivity contribution in [2.24, 2.45) is 5.92 Å². The van der Waals surface area contributed by atoms with Crippen molar-refractivity contribution in [3.63, 3.8) is 0 Å². The molecule has 0 bridgehead atoms. The highest BCUT2D eigenvalue weighted by Gasteiger charge is 2.21. The van der Waals surface area contributed by atoms with Crippen LogP contribution in [0.3, 0.4) is 0 Å². The summed E-state index contributed by atoms with van der Waals surface area (Å²) in [4.78, 5) is 13.3. The molecule has 106 valence electrons. The van der Waals surface area contributed by atoms with Gasteiger partial charge in [-0.3, -0.25) is 4.79 Å². The Bertz CT molecular complexity index is 596. The standard InChI is InChI=1S/C15H17FN2OS/c1-9(2)14(13-4-3-7-20-13)18-15(19)11-8-10(16)5-6-12(11)17/h3-9,14H,17H2,1-2H3,(H,18,19). The predicted octanol–water partition coefficient (Wildman–Crippen LogP) is 3.60. The highest BCUT2D eigenvalue weighted by atomic mass is 32.1. The van der Waals surface area contributed by atoms with Gasteiger partial charge in [-0.05, 0) is 35.6 Å². The third-order valence-electron chi connectivity index (χ3n) is 3.06. The quantitative estimate of drug-likeness (QED) is 0.846. The molecule has 0 radical (unpaired) electrons. The molecule has 3 nitrogen and oxygen atoms in total. The Morgan fingerprint density at radius 2 is 2.10 bits per heavy atom. The second-order valence-electron chi connectivity index (χ2n) is 4.94. The van der Waals surface area contributed by atoms with Crippen LogP contribution in [0.5, 0.6) is 0 Å². The molecule has 0 aliphatic rings. The third kappa shape index (κ3) is 3.17. The monoisotopic (exact) mass is 292 g/mol. The van der Waals surface area contributed by atoms with E-state index < -0.39 is 5.82 Å². The van der Waals surface area contributed by atoms with Crippen LogP contribution in [0.25, 0.3) is 0 Å². The molecule has 2 rings (SSSR count). The first-order valence-corrected chi connectivity index (χ1v) is 7.26. The van der Waals surface area contributed by atoms with E-state index in [2.05, 4.69) is 5.32 Å². The molecular weight excluding hydrogens is 275 g/mol. The Morgan fingerprint density at radius 3 is 2.70 bits per heavy atom. The van der Waals surface area contributed by atoms with Gasteiger partial charge in [0.1, 0.15) is 5.82 Å². The molecule has 2 aromatic rings. The fourth-order valence-corrected chi connectivity index (χ4v) is 2.93. The molecule has 0 saturated heterocycles. The molecule has 0 saturated carbocycles. The van der Waals surface area contributed by atoms with E-state index in [1.165, 1.54) is 12.1 Å². The molecule has 3 N–H and O–H groups in total. The molecule has 0 fully saturated rings. The van der Waals surface area contributed by atoms with Crippen LogP contribution < -0.4 is 11.1 Å². The van der Waals surface area contributed by atoms with Crippen LogP contribution in [0.1, 0.15) is 35.1 Å². The third-order valence-corrected chi connectivity index (χ3v) is 4.02. The number of nitrogens with two attached hydrogens (primary N) is 1. The molecule has 0 aliphatic carbocycles. The second kappa shape index (κ2) is 6.05. The number of rotatable bonds is 4. The van der Waals surface area contributed by atoms with Gasteiger partial charge in [0.15, 0.2) is 0 Å². The van der Waals surface area contributed by atoms with Gasteiger partial charge in [0.2, 0.25) is 0 Å². The van der Waals surface area contributed by atoms with E-state index in [1.54, 1.807) is 11.3 Å². The van der Waals surface area contributed by atoms with E-state index >= 15 is 0 Å². The van der Waals surface area contributed by atoms with Gasteiger partial charge < -0.3 is 11.1 Å². The van der Waals surface area contributed by atoms with Crippen molar-refractivity contribution in [2.75, 3.05) is 5.73 Å². The van der Waals surface area contributed by atoms with Gasteiger partial charge in [0.25, 0.3) is 5.91 Å². The number of thiophene rings is 1. The van der Waals surface area contributed by atoms with Gasteiger partial charge in [0.05, 0.1) is 11.6 Å². The summed E-state index contributed by atoms with van der Waals surface area (Å²) in [7, 11) is 0. The summed E-state index contributed by atoms with van der Waals surface area (Å²) < 4.78 is 13.2. The van der Waals surface area contributed by atoms with Gasteiger partial charge in [-0.1, -0.05) is 19.9 Å². The van der Waals surface area contributed by atoms with Crippen LogP contribution in [-0.4, -0.2) is 5.91 Å². The van der Waals surface area contributed by atoms with E-state index in [1.807, 2.05) is 31.4 Å². The maximum Gasteiger partial charge on any atom is 0.253 e. The minimum Gasteiger partial charge on any atom is -0.398 e. The Kier molecular flexibility index (Phi) is 4.39. The SMILES string of the molecule is CC(C)C(NC(=O)c1cc(F)ccc1N)c1cccs1. The number of carbonyl (C=O) groups excluding carboxylic acids is 1. The lowest BCUT2D eigenvalue weighted by Gasteiger charge is -2.21. The number of hydrogen-bond donors (Lipinski definition) is 2. The Hall–Kier alpha value is -1.88. The molecule has 20 heavy (non-hydrogen) atoms. The van der Waals surface area contributed by atoms with Crippen molar-refractivity contribution in [3.8, 4) is 0 Å². The van der Waals surface area contributed by atoms with Crippen LogP contribution in [0, 0.1) is 11.7 Å². The lowest BCUT2D eigenvalue weighted by Crippen LogP contribution is -2.31.